The van der Waals surface area contributed by atoms with Crippen LogP contribution in [-0.2, 0) is 0 Å². The van der Waals surface area contributed by atoms with Gasteiger partial charge in [0.1, 0.15) is 34.7 Å². The SMILES string of the molecule is COc1ccc([C@H]2C(C#N)=C(N)Oc3cc(C)oc(=O)c32)c(OC)c1C. The van der Waals surface area contributed by atoms with E-state index < -0.39 is 11.5 Å². The summed E-state index contributed by atoms with van der Waals surface area (Å²) < 4.78 is 21.6. The molecule has 2 aromatic rings. The van der Waals surface area contributed by atoms with Crippen molar-refractivity contribution in [3.63, 3.8) is 0 Å². The molecule has 1 aromatic carbocycles. The number of benzene rings is 1. The Morgan fingerprint density at radius 2 is 1.96 bits per heavy atom. The van der Waals surface area contributed by atoms with Crippen LogP contribution < -0.4 is 25.6 Å². The zero-order valence-corrected chi connectivity index (χ0v) is 14.9. The number of nitrogens with zero attached hydrogens (tertiary/aromatic N) is 1. The summed E-state index contributed by atoms with van der Waals surface area (Å²) in [5.74, 6) is 0.979. The monoisotopic (exact) mass is 354 g/mol. The van der Waals surface area contributed by atoms with Crippen molar-refractivity contribution in [1.29, 1.82) is 5.26 Å². The van der Waals surface area contributed by atoms with E-state index in [-0.39, 0.29) is 22.8 Å². The van der Waals surface area contributed by atoms with E-state index >= 15 is 0 Å². The number of allylic oxidation sites excluding steroid dienone is 1. The maximum absolute atomic E-state index is 12.6. The zero-order chi connectivity index (χ0) is 19.0. The molecule has 0 saturated carbocycles. The number of aryl methyl sites for hydroxylation is 1. The maximum Gasteiger partial charge on any atom is 0.343 e. The van der Waals surface area contributed by atoms with Crippen LogP contribution >= 0.6 is 0 Å². The molecule has 2 N–H and O–H groups in total. The minimum atomic E-state index is -0.764. The van der Waals surface area contributed by atoms with Crippen molar-refractivity contribution >= 4 is 0 Å². The van der Waals surface area contributed by atoms with Crippen LogP contribution in [0.5, 0.6) is 17.2 Å². The molecule has 0 bridgehead atoms. The lowest BCUT2D eigenvalue weighted by Crippen LogP contribution is -2.26. The van der Waals surface area contributed by atoms with Crippen LogP contribution in [0, 0.1) is 25.2 Å². The fourth-order valence-electron chi connectivity index (χ4n) is 3.24. The molecule has 1 atom stereocenters. The van der Waals surface area contributed by atoms with E-state index in [1.54, 1.807) is 32.2 Å². The van der Waals surface area contributed by atoms with Crippen molar-refractivity contribution in [3.8, 4) is 23.3 Å². The number of hydrogen-bond acceptors (Lipinski definition) is 7. The summed E-state index contributed by atoms with van der Waals surface area (Å²) in [6.07, 6.45) is 0. The zero-order valence-electron chi connectivity index (χ0n) is 14.9. The molecule has 0 fully saturated rings. The second-order valence-corrected chi connectivity index (χ2v) is 5.86. The van der Waals surface area contributed by atoms with E-state index in [0.717, 1.165) is 5.56 Å². The average Bonchev–Trinajstić information content (AvgIpc) is 2.60. The van der Waals surface area contributed by atoms with Gasteiger partial charge >= 0.3 is 5.63 Å². The molecule has 2 heterocycles. The fourth-order valence-corrected chi connectivity index (χ4v) is 3.24. The number of methoxy groups -OCH3 is 2. The van der Waals surface area contributed by atoms with E-state index in [9.17, 15) is 10.1 Å². The average molecular weight is 354 g/mol. The van der Waals surface area contributed by atoms with Gasteiger partial charge in [0.2, 0.25) is 5.88 Å². The molecule has 1 aromatic heterocycles. The minimum absolute atomic E-state index is 0.0504. The first-order valence-electron chi connectivity index (χ1n) is 7.86. The molecule has 0 saturated heterocycles. The van der Waals surface area contributed by atoms with Gasteiger partial charge in [-0.2, -0.15) is 5.26 Å². The fraction of sp³-hybridized carbons (Fsp3) is 0.263. The highest BCUT2D eigenvalue weighted by atomic mass is 16.5. The quantitative estimate of drug-likeness (QED) is 0.902. The smallest absolute Gasteiger partial charge is 0.343 e. The van der Waals surface area contributed by atoms with Gasteiger partial charge in [-0.25, -0.2) is 4.79 Å². The number of nitrogens with two attached hydrogens (primary N) is 1. The van der Waals surface area contributed by atoms with Crippen LogP contribution in [0.3, 0.4) is 0 Å². The van der Waals surface area contributed by atoms with Crippen LogP contribution in [-0.4, -0.2) is 14.2 Å². The largest absolute Gasteiger partial charge is 0.496 e. The van der Waals surface area contributed by atoms with Crippen LogP contribution in [0.15, 0.2) is 38.9 Å². The van der Waals surface area contributed by atoms with Gasteiger partial charge in [0, 0.05) is 17.2 Å². The standard InChI is InChI=1S/C19H18N2O5/c1-9-7-14-16(19(22)25-9)15(12(8-20)18(21)26-14)11-5-6-13(23-3)10(2)17(11)24-4/h5-7,15H,21H2,1-4H3/t15-/m0/s1. The molecule has 0 spiro atoms. The maximum atomic E-state index is 12.6. The molecule has 134 valence electrons. The van der Waals surface area contributed by atoms with Crippen molar-refractivity contribution in [2.45, 2.75) is 19.8 Å². The third kappa shape index (κ3) is 2.56. The van der Waals surface area contributed by atoms with Crippen molar-refractivity contribution in [2.75, 3.05) is 14.2 Å². The van der Waals surface area contributed by atoms with Crippen molar-refractivity contribution in [3.05, 3.63) is 62.5 Å². The van der Waals surface area contributed by atoms with Gasteiger partial charge in [-0.15, -0.1) is 0 Å². The molecule has 0 amide bonds. The topological polar surface area (TPSA) is 108 Å². The lowest BCUT2D eigenvalue weighted by Gasteiger charge is -2.27. The molecular weight excluding hydrogens is 336 g/mol. The van der Waals surface area contributed by atoms with Gasteiger partial charge in [0.15, 0.2) is 0 Å². The molecule has 0 unspecified atom stereocenters. The van der Waals surface area contributed by atoms with Crippen molar-refractivity contribution in [2.24, 2.45) is 5.73 Å². The summed E-state index contributed by atoms with van der Waals surface area (Å²) in [4.78, 5) is 12.6. The summed E-state index contributed by atoms with van der Waals surface area (Å²) in [5, 5.41) is 9.63. The van der Waals surface area contributed by atoms with E-state index in [2.05, 4.69) is 0 Å². The van der Waals surface area contributed by atoms with Gasteiger partial charge in [0.05, 0.1) is 25.7 Å². The summed E-state index contributed by atoms with van der Waals surface area (Å²) in [6, 6.07) is 7.12. The van der Waals surface area contributed by atoms with Gasteiger partial charge in [-0.05, 0) is 19.9 Å². The Morgan fingerprint density at radius 3 is 2.58 bits per heavy atom. The molecule has 7 nitrogen and oxygen atoms in total. The molecule has 1 aliphatic heterocycles. The summed E-state index contributed by atoms with van der Waals surface area (Å²) in [5.41, 5.74) is 7.05. The first-order valence-corrected chi connectivity index (χ1v) is 7.86. The van der Waals surface area contributed by atoms with E-state index in [0.29, 0.717) is 22.8 Å². The van der Waals surface area contributed by atoms with Gasteiger partial charge in [-0.1, -0.05) is 6.07 Å². The number of nitriles is 1. The Kier molecular flexibility index (Phi) is 4.34. The Morgan fingerprint density at radius 1 is 1.23 bits per heavy atom. The number of hydrogen-bond donors (Lipinski definition) is 1. The Bertz CT molecular complexity index is 1010. The summed E-state index contributed by atoms with van der Waals surface area (Å²) in [6.45, 7) is 3.47. The second kappa shape index (κ2) is 6.48. The molecule has 0 radical (unpaired) electrons. The number of rotatable bonds is 3. The Hall–Kier alpha value is -3.40. The predicted octanol–water partition coefficient (Wildman–Crippen LogP) is 2.49. The van der Waals surface area contributed by atoms with Crippen LogP contribution in [0.1, 0.15) is 28.4 Å². The molecule has 7 heteroatoms. The lowest BCUT2D eigenvalue weighted by atomic mass is 9.83. The highest BCUT2D eigenvalue weighted by Crippen LogP contribution is 2.45. The van der Waals surface area contributed by atoms with Gasteiger partial charge in [0.25, 0.3) is 0 Å². The van der Waals surface area contributed by atoms with Crippen molar-refractivity contribution in [1.82, 2.24) is 0 Å². The first-order chi connectivity index (χ1) is 12.4. The van der Waals surface area contributed by atoms with Gasteiger partial charge < -0.3 is 24.4 Å². The molecule has 3 rings (SSSR count). The van der Waals surface area contributed by atoms with E-state index in [4.69, 9.17) is 24.4 Å². The van der Waals surface area contributed by atoms with Gasteiger partial charge in [-0.3, -0.25) is 0 Å². The molecule has 26 heavy (non-hydrogen) atoms. The normalized spacial score (nSPS) is 15.7. The van der Waals surface area contributed by atoms with Crippen LogP contribution in [0.25, 0.3) is 0 Å². The highest BCUT2D eigenvalue weighted by molar-refractivity contribution is 5.61. The molecule has 1 aliphatic rings. The van der Waals surface area contributed by atoms with Crippen molar-refractivity contribution < 1.29 is 18.6 Å². The minimum Gasteiger partial charge on any atom is -0.496 e. The lowest BCUT2D eigenvalue weighted by molar-refractivity contribution is 0.365. The molecule has 0 aliphatic carbocycles. The molecular formula is C19H18N2O5. The predicted molar refractivity (Wildman–Crippen MR) is 93.3 cm³/mol. The van der Waals surface area contributed by atoms with E-state index in [1.807, 2.05) is 13.0 Å². The summed E-state index contributed by atoms with van der Waals surface area (Å²) >= 11 is 0. The third-order valence-corrected chi connectivity index (χ3v) is 4.38. The first kappa shape index (κ1) is 17.4. The summed E-state index contributed by atoms with van der Waals surface area (Å²) in [7, 11) is 3.07. The second-order valence-electron chi connectivity index (χ2n) is 5.86. The van der Waals surface area contributed by atoms with Crippen LogP contribution in [0.4, 0.5) is 0 Å². The van der Waals surface area contributed by atoms with Crippen LogP contribution in [0.2, 0.25) is 0 Å². The highest BCUT2D eigenvalue weighted by Gasteiger charge is 2.36. The third-order valence-electron chi connectivity index (χ3n) is 4.38. The Balaban J connectivity index is 2.36. The van der Waals surface area contributed by atoms with E-state index in [1.165, 1.54) is 7.11 Å². The number of ether oxygens (including phenoxy) is 3. The number of fused-ring (bicyclic) bond motifs is 1. The Labute approximate surface area is 150 Å².